The first-order valence-corrected chi connectivity index (χ1v) is 13.2. The van der Waals surface area contributed by atoms with Gasteiger partial charge in [-0.1, -0.05) is 90.5 Å². The van der Waals surface area contributed by atoms with Crippen molar-refractivity contribution in [2.45, 2.75) is 31.3 Å². The monoisotopic (exact) mass is 548 g/mol. The van der Waals surface area contributed by atoms with E-state index in [1.165, 1.54) is 36.1 Å². The van der Waals surface area contributed by atoms with Gasteiger partial charge in [0, 0.05) is 29.2 Å². The van der Waals surface area contributed by atoms with Crippen LogP contribution in [0, 0.1) is 23.0 Å². The summed E-state index contributed by atoms with van der Waals surface area (Å²) in [7, 11) is 0. The molecule has 8 heteroatoms. The van der Waals surface area contributed by atoms with Gasteiger partial charge in [-0.15, -0.1) is 0 Å². The highest BCUT2D eigenvalue weighted by Crippen LogP contribution is 2.57. The summed E-state index contributed by atoms with van der Waals surface area (Å²) >= 11 is 0. The molecular formula is C33H28N2O6. The number of rotatable bonds is 7. The Morgan fingerprint density at radius 1 is 0.780 bits per heavy atom. The van der Waals surface area contributed by atoms with Gasteiger partial charge in [0.05, 0.1) is 16.9 Å². The predicted octanol–water partition coefficient (Wildman–Crippen LogP) is 6.23. The van der Waals surface area contributed by atoms with Gasteiger partial charge < -0.3 is 10.0 Å². The number of nitrogens with zero attached hydrogens (tertiary/aromatic N) is 2. The molecule has 1 amide bonds. The van der Waals surface area contributed by atoms with Crippen molar-refractivity contribution in [1.82, 2.24) is 4.90 Å². The molecule has 0 radical (unpaired) electrons. The number of carbonyl (C=O) groups excluding carboxylic acids is 2. The predicted molar refractivity (Wildman–Crippen MR) is 153 cm³/mol. The smallest absolute Gasteiger partial charge is 0.330 e. The summed E-state index contributed by atoms with van der Waals surface area (Å²) in [5.41, 5.74) is 0.596. The molecule has 206 valence electrons. The molecular weight excluding hydrogens is 520 g/mol. The Balaban J connectivity index is 1.82. The van der Waals surface area contributed by atoms with E-state index in [9.17, 15) is 29.6 Å². The van der Waals surface area contributed by atoms with Crippen molar-refractivity contribution in [2.75, 3.05) is 0 Å². The van der Waals surface area contributed by atoms with Gasteiger partial charge in [0.2, 0.25) is 0 Å². The number of benzene rings is 4. The fourth-order valence-electron chi connectivity index (χ4n) is 5.97. The molecule has 4 aromatic carbocycles. The molecule has 1 saturated heterocycles. The highest BCUT2D eigenvalue weighted by atomic mass is 16.6. The molecule has 41 heavy (non-hydrogen) atoms. The molecule has 0 aliphatic carbocycles. The fraction of sp³-hybridized carbons (Fsp3) is 0.182. The number of hydrogen-bond acceptors (Lipinski definition) is 5. The van der Waals surface area contributed by atoms with Gasteiger partial charge in [0.15, 0.2) is 5.78 Å². The molecule has 1 N–H and O–H groups in total. The lowest BCUT2D eigenvalue weighted by atomic mass is 9.71. The summed E-state index contributed by atoms with van der Waals surface area (Å²) in [5.74, 6) is -4.19. The number of nitro groups is 1. The first-order chi connectivity index (χ1) is 19.6. The maximum absolute atomic E-state index is 14.4. The zero-order valence-corrected chi connectivity index (χ0v) is 22.5. The van der Waals surface area contributed by atoms with Crippen LogP contribution in [0.25, 0.3) is 0 Å². The van der Waals surface area contributed by atoms with Gasteiger partial charge >= 0.3 is 5.97 Å². The van der Waals surface area contributed by atoms with Gasteiger partial charge in [0.1, 0.15) is 5.54 Å². The summed E-state index contributed by atoms with van der Waals surface area (Å²) in [6.07, 6.45) is 0. The van der Waals surface area contributed by atoms with Crippen molar-refractivity contribution in [3.8, 4) is 0 Å². The number of carboxylic acid groups (broad SMARTS) is 1. The Morgan fingerprint density at radius 2 is 1.29 bits per heavy atom. The fourth-order valence-corrected chi connectivity index (χ4v) is 5.97. The molecule has 1 aliphatic rings. The van der Waals surface area contributed by atoms with Crippen LogP contribution in [0.4, 0.5) is 5.69 Å². The molecule has 0 aromatic heterocycles. The molecule has 0 saturated carbocycles. The molecule has 4 aromatic rings. The summed E-state index contributed by atoms with van der Waals surface area (Å²) < 4.78 is 0. The number of nitro benzene ring substituents is 1. The Kier molecular flexibility index (Phi) is 7.24. The van der Waals surface area contributed by atoms with Gasteiger partial charge in [-0.2, -0.15) is 0 Å². The Morgan fingerprint density at radius 3 is 1.80 bits per heavy atom. The molecule has 1 aliphatic heterocycles. The lowest BCUT2D eigenvalue weighted by molar-refractivity contribution is -0.384. The SMILES string of the molecule is Cc1ccc(C2C(C(=O)c3ccccc3)C(c3ccc([N+](=O)[O-])cc3)C(C)(C(=O)O)N2C(=O)c2ccccc2)cc1. The van der Waals surface area contributed by atoms with Gasteiger partial charge in [-0.3, -0.25) is 19.7 Å². The van der Waals surface area contributed by atoms with Gasteiger partial charge in [0.25, 0.3) is 11.6 Å². The van der Waals surface area contributed by atoms with E-state index in [1.54, 1.807) is 60.7 Å². The molecule has 0 bridgehead atoms. The van der Waals surface area contributed by atoms with E-state index in [4.69, 9.17) is 0 Å². The Bertz CT molecular complexity index is 1600. The zero-order chi connectivity index (χ0) is 29.3. The van der Waals surface area contributed by atoms with Crippen molar-refractivity contribution in [2.24, 2.45) is 5.92 Å². The van der Waals surface area contributed by atoms with E-state index < -0.39 is 40.2 Å². The average Bonchev–Trinajstić information content (AvgIpc) is 3.27. The van der Waals surface area contributed by atoms with E-state index in [-0.39, 0.29) is 17.0 Å². The van der Waals surface area contributed by atoms with Crippen LogP contribution in [-0.2, 0) is 4.79 Å². The van der Waals surface area contributed by atoms with Crippen LogP contribution in [0.1, 0.15) is 56.3 Å². The Labute approximate surface area is 237 Å². The molecule has 4 atom stereocenters. The molecule has 1 heterocycles. The first kappa shape index (κ1) is 27.5. The lowest BCUT2D eigenvalue weighted by Crippen LogP contribution is -2.54. The number of carboxylic acids is 1. The molecule has 8 nitrogen and oxygen atoms in total. The summed E-state index contributed by atoms with van der Waals surface area (Å²) in [6.45, 7) is 3.38. The van der Waals surface area contributed by atoms with Crippen molar-refractivity contribution in [3.05, 3.63) is 147 Å². The lowest BCUT2D eigenvalue weighted by Gasteiger charge is -2.38. The van der Waals surface area contributed by atoms with Crippen LogP contribution < -0.4 is 0 Å². The second-order valence-electron chi connectivity index (χ2n) is 10.4. The summed E-state index contributed by atoms with van der Waals surface area (Å²) in [4.78, 5) is 54.3. The van der Waals surface area contributed by atoms with Crippen molar-refractivity contribution >= 4 is 23.3 Å². The second-order valence-corrected chi connectivity index (χ2v) is 10.4. The summed E-state index contributed by atoms with van der Waals surface area (Å²) in [5, 5.41) is 22.3. The third-order valence-electron chi connectivity index (χ3n) is 8.00. The normalized spacial score (nSPS) is 21.8. The van der Waals surface area contributed by atoms with Crippen molar-refractivity contribution < 1.29 is 24.4 Å². The molecule has 0 spiro atoms. The van der Waals surface area contributed by atoms with Crippen LogP contribution >= 0.6 is 0 Å². The van der Waals surface area contributed by atoms with Crippen LogP contribution in [0.2, 0.25) is 0 Å². The number of non-ortho nitro benzene ring substituents is 1. The second kappa shape index (κ2) is 10.8. The van der Waals surface area contributed by atoms with E-state index in [1.807, 2.05) is 31.2 Å². The largest absolute Gasteiger partial charge is 0.479 e. The van der Waals surface area contributed by atoms with Crippen LogP contribution in [-0.4, -0.2) is 38.1 Å². The average molecular weight is 549 g/mol. The van der Waals surface area contributed by atoms with Crippen LogP contribution in [0.5, 0.6) is 0 Å². The number of aryl methyl sites for hydroxylation is 1. The third kappa shape index (κ3) is 4.78. The molecule has 4 unspecified atom stereocenters. The van der Waals surface area contributed by atoms with E-state index >= 15 is 0 Å². The third-order valence-corrected chi connectivity index (χ3v) is 8.00. The van der Waals surface area contributed by atoms with Gasteiger partial charge in [-0.05, 0) is 37.1 Å². The highest BCUT2D eigenvalue weighted by Gasteiger charge is 2.64. The number of Topliss-reactive ketones (excluding diaryl/α,β-unsaturated/α-hetero) is 1. The standard InChI is InChI=1S/C33H28N2O6/c1-21-13-15-23(16-14-21)29-27(30(36)24-9-5-3-6-10-24)28(22-17-19-26(20-18-22)35(40)41)33(2,32(38)39)34(29)31(37)25-11-7-4-8-12-25/h3-20,27-29H,1-2H3,(H,38,39). The topological polar surface area (TPSA) is 118 Å². The van der Waals surface area contributed by atoms with Crippen LogP contribution in [0.15, 0.2) is 109 Å². The number of ketones is 1. The minimum absolute atomic E-state index is 0.165. The van der Waals surface area contributed by atoms with E-state index in [0.29, 0.717) is 16.7 Å². The van der Waals surface area contributed by atoms with E-state index in [2.05, 4.69) is 0 Å². The number of amides is 1. The minimum Gasteiger partial charge on any atom is -0.479 e. The van der Waals surface area contributed by atoms with E-state index in [0.717, 1.165) is 5.56 Å². The maximum Gasteiger partial charge on any atom is 0.330 e. The number of carbonyl (C=O) groups is 3. The minimum atomic E-state index is -1.90. The van der Waals surface area contributed by atoms with Gasteiger partial charge in [-0.25, -0.2) is 4.79 Å². The van der Waals surface area contributed by atoms with Crippen LogP contribution in [0.3, 0.4) is 0 Å². The maximum atomic E-state index is 14.4. The molecule has 1 fully saturated rings. The summed E-state index contributed by atoms with van der Waals surface area (Å²) in [6, 6.07) is 28.9. The number of hydrogen-bond donors (Lipinski definition) is 1. The quantitative estimate of drug-likeness (QED) is 0.166. The Hall–Kier alpha value is -5.11. The van der Waals surface area contributed by atoms with Crippen molar-refractivity contribution in [1.29, 1.82) is 0 Å². The van der Waals surface area contributed by atoms with Crippen molar-refractivity contribution in [3.63, 3.8) is 0 Å². The highest BCUT2D eigenvalue weighted by molar-refractivity contribution is 6.04. The molecule has 5 rings (SSSR count). The first-order valence-electron chi connectivity index (χ1n) is 13.2. The number of aliphatic carboxylic acids is 1. The number of likely N-dealkylation sites (tertiary alicyclic amines) is 1. The zero-order valence-electron chi connectivity index (χ0n) is 22.5.